The first-order valence-electron chi connectivity index (χ1n) is 5.49. The van der Waals surface area contributed by atoms with E-state index < -0.39 is 0 Å². The molecule has 0 aromatic heterocycles. The van der Waals surface area contributed by atoms with Gasteiger partial charge in [-0.25, -0.2) is 0 Å². The van der Waals surface area contributed by atoms with Crippen molar-refractivity contribution < 1.29 is 4.79 Å². The fraction of sp³-hybridized carbons (Fsp3) is 0.727. The van der Waals surface area contributed by atoms with Crippen LogP contribution in [0.25, 0.3) is 0 Å². The summed E-state index contributed by atoms with van der Waals surface area (Å²) in [4.78, 5) is 11.6. The van der Waals surface area contributed by atoms with Gasteiger partial charge in [0, 0.05) is 12.5 Å². The van der Waals surface area contributed by atoms with E-state index in [-0.39, 0.29) is 18.3 Å². The first-order valence-corrected chi connectivity index (χ1v) is 5.49. The van der Waals surface area contributed by atoms with Gasteiger partial charge >= 0.3 is 0 Å². The highest BCUT2D eigenvalue weighted by atomic mass is 35.5. The molecule has 0 saturated carbocycles. The topological polar surface area (TPSA) is 41.1 Å². The maximum Gasteiger partial charge on any atom is 0.220 e. The Balaban J connectivity index is 0.00000112. The highest BCUT2D eigenvalue weighted by molar-refractivity contribution is 5.85. The van der Waals surface area contributed by atoms with Gasteiger partial charge in [0.15, 0.2) is 0 Å². The second-order valence-electron chi connectivity index (χ2n) is 4.27. The van der Waals surface area contributed by atoms with E-state index in [4.69, 9.17) is 0 Å². The molecule has 0 aromatic rings. The minimum Gasteiger partial charge on any atom is -0.353 e. The van der Waals surface area contributed by atoms with Crippen LogP contribution in [0, 0.1) is 5.92 Å². The van der Waals surface area contributed by atoms with Crippen molar-refractivity contribution in [2.24, 2.45) is 5.92 Å². The third-order valence-corrected chi connectivity index (χ3v) is 3.01. The average Bonchev–Trinajstić information content (AvgIpc) is 2.76. The van der Waals surface area contributed by atoms with Gasteiger partial charge in [-0.1, -0.05) is 12.2 Å². The highest BCUT2D eigenvalue weighted by Crippen LogP contribution is 2.14. The molecule has 0 radical (unpaired) electrons. The van der Waals surface area contributed by atoms with Gasteiger partial charge in [0.1, 0.15) is 0 Å². The second kappa shape index (κ2) is 6.13. The quantitative estimate of drug-likeness (QED) is 0.717. The molecule has 4 heteroatoms. The summed E-state index contributed by atoms with van der Waals surface area (Å²) in [6.07, 6.45) is 8.15. The summed E-state index contributed by atoms with van der Waals surface area (Å²) < 4.78 is 0. The predicted octanol–water partition coefficient (Wildman–Crippen LogP) is 1.24. The van der Waals surface area contributed by atoms with Gasteiger partial charge in [0.25, 0.3) is 0 Å². The van der Waals surface area contributed by atoms with Gasteiger partial charge < -0.3 is 10.6 Å². The third-order valence-electron chi connectivity index (χ3n) is 3.01. The summed E-state index contributed by atoms with van der Waals surface area (Å²) in [5, 5.41) is 6.36. The SMILES string of the molecule is Cl.O=C(C[C@@H]1CCNC1)NC1CC=CC1. The molecule has 1 saturated heterocycles. The van der Waals surface area contributed by atoms with E-state index in [1.54, 1.807) is 0 Å². The monoisotopic (exact) mass is 230 g/mol. The zero-order valence-corrected chi connectivity index (χ0v) is 9.69. The number of hydrogen-bond donors (Lipinski definition) is 2. The Morgan fingerprint density at radius 1 is 1.40 bits per heavy atom. The van der Waals surface area contributed by atoms with Crippen molar-refractivity contribution in [3.63, 3.8) is 0 Å². The van der Waals surface area contributed by atoms with Crippen molar-refractivity contribution in [1.29, 1.82) is 0 Å². The van der Waals surface area contributed by atoms with Crippen LogP contribution in [0.5, 0.6) is 0 Å². The molecule has 86 valence electrons. The summed E-state index contributed by atoms with van der Waals surface area (Å²) in [5.41, 5.74) is 0. The van der Waals surface area contributed by atoms with Crippen LogP contribution in [0.3, 0.4) is 0 Å². The number of rotatable bonds is 3. The Bertz CT molecular complexity index is 223. The Labute approximate surface area is 97.1 Å². The lowest BCUT2D eigenvalue weighted by Crippen LogP contribution is -2.34. The number of halogens is 1. The Morgan fingerprint density at radius 3 is 2.73 bits per heavy atom. The molecule has 1 fully saturated rings. The molecule has 3 nitrogen and oxygen atoms in total. The standard InChI is InChI=1S/C11H18N2O.ClH/c14-11(7-9-5-6-12-8-9)13-10-3-1-2-4-10;/h1-2,9-10,12H,3-8H2,(H,13,14);1H/t9-;/m0./s1. The number of carbonyl (C=O) groups excluding carboxylic acids is 1. The van der Waals surface area contributed by atoms with E-state index in [1.807, 2.05) is 0 Å². The fourth-order valence-corrected chi connectivity index (χ4v) is 2.17. The zero-order valence-electron chi connectivity index (χ0n) is 8.87. The summed E-state index contributed by atoms with van der Waals surface area (Å²) in [7, 11) is 0. The zero-order chi connectivity index (χ0) is 9.80. The molecule has 2 aliphatic rings. The minimum atomic E-state index is 0. The van der Waals surface area contributed by atoms with Gasteiger partial charge in [0.2, 0.25) is 5.91 Å². The van der Waals surface area contributed by atoms with Gasteiger partial charge in [-0.05, 0) is 38.3 Å². The van der Waals surface area contributed by atoms with Crippen LogP contribution < -0.4 is 10.6 Å². The van der Waals surface area contributed by atoms with Crippen LogP contribution in [0.4, 0.5) is 0 Å². The second-order valence-corrected chi connectivity index (χ2v) is 4.27. The van der Waals surface area contributed by atoms with Gasteiger partial charge in [-0.15, -0.1) is 12.4 Å². The lowest BCUT2D eigenvalue weighted by atomic mass is 10.0. The molecule has 15 heavy (non-hydrogen) atoms. The molecule has 0 bridgehead atoms. The van der Waals surface area contributed by atoms with Crippen LogP contribution in [-0.4, -0.2) is 25.0 Å². The minimum absolute atomic E-state index is 0. The number of amides is 1. The van der Waals surface area contributed by atoms with Crippen molar-refractivity contribution in [2.45, 2.75) is 31.7 Å². The van der Waals surface area contributed by atoms with Crippen LogP contribution >= 0.6 is 12.4 Å². The molecule has 2 rings (SSSR count). The molecule has 1 atom stereocenters. The molecular formula is C11H19ClN2O. The van der Waals surface area contributed by atoms with E-state index in [1.165, 1.54) is 0 Å². The maximum atomic E-state index is 11.6. The molecule has 1 amide bonds. The third kappa shape index (κ3) is 3.84. The van der Waals surface area contributed by atoms with E-state index in [9.17, 15) is 4.79 Å². The lowest BCUT2D eigenvalue weighted by Gasteiger charge is -2.13. The maximum absolute atomic E-state index is 11.6. The summed E-state index contributed by atoms with van der Waals surface area (Å²) in [5.74, 6) is 0.789. The van der Waals surface area contributed by atoms with E-state index in [0.29, 0.717) is 18.4 Å². The molecule has 1 heterocycles. The number of nitrogens with one attached hydrogen (secondary N) is 2. The smallest absolute Gasteiger partial charge is 0.220 e. The molecule has 1 aliphatic carbocycles. The molecule has 0 spiro atoms. The van der Waals surface area contributed by atoms with Crippen molar-refractivity contribution >= 4 is 18.3 Å². The van der Waals surface area contributed by atoms with Crippen LogP contribution in [0.2, 0.25) is 0 Å². The van der Waals surface area contributed by atoms with E-state index in [2.05, 4.69) is 22.8 Å². The van der Waals surface area contributed by atoms with Gasteiger partial charge in [-0.3, -0.25) is 4.79 Å². The first-order chi connectivity index (χ1) is 6.84. The average molecular weight is 231 g/mol. The van der Waals surface area contributed by atoms with Gasteiger partial charge in [-0.2, -0.15) is 0 Å². The number of hydrogen-bond acceptors (Lipinski definition) is 2. The molecule has 0 unspecified atom stereocenters. The molecule has 1 aliphatic heterocycles. The Kier molecular flexibility index (Phi) is 5.12. The first kappa shape index (κ1) is 12.5. The predicted molar refractivity (Wildman–Crippen MR) is 63.1 cm³/mol. The largest absolute Gasteiger partial charge is 0.353 e. The summed E-state index contributed by atoms with van der Waals surface area (Å²) >= 11 is 0. The highest BCUT2D eigenvalue weighted by Gasteiger charge is 2.20. The molecule has 0 aromatic carbocycles. The fourth-order valence-electron chi connectivity index (χ4n) is 2.17. The van der Waals surface area contributed by atoms with Crippen molar-refractivity contribution in [2.75, 3.05) is 13.1 Å². The molecule has 2 N–H and O–H groups in total. The van der Waals surface area contributed by atoms with Crippen LogP contribution in [-0.2, 0) is 4.79 Å². The number of carbonyl (C=O) groups is 1. The summed E-state index contributed by atoms with van der Waals surface area (Å²) in [6, 6.07) is 0.372. The van der Waals surface area contributed by atoms with Crippen LogP contribution in [0.15, 0.2) is 12.2 Å². The van der Waals surface area contributed by atoms with E-state index in [0.717, 1.165) is 32.4 Å². The summed E-state index contributed by atoms with van der Waals surface area (Å²) in [6.45, 7) is 2.08. The Morgan fingerprint density at radius 2 is 2.13 bits per heavy atom. The normalized spacial score (nSPS) is 25.2. The van der Waals surface area contributed by atoms with Gasteiger partial charge in [0.05, 0.1) is 0 Å². The Hall–Kier alpha value is -0.540. The van der Waals surface area contributed by atoms with Crippen molar-refractivity contribution in [3.05, 3.63) is 12.2 Å². The van der Waals surface area contributed by atoms with E-state index >= 15 is 0 Å². The lowest BCUT2D eigenvalue weighted by molar-refractivity contribution is -0.122. The van der Waals surface area contributed by atoms with Crippen LogP contribution in [0.1, 0.15) is 25.7 Å². The van der Waals surface area contributed by atoms with Crippen molar-refractivity contribution in [3.8, 4) is 0 Å². The molecular weight excluding hydrogens is 212 g/mol. The van der Waals surface area contributed by atoms with Crippen molar-refractivity contribution in [1.82, 2.24) is 10.6 Å².